The van der Waals surface area contributed by atoms with Gasteiger partial charge in [-0.1, -0.05) is 5.21 Å². The Hall–Kier alpha value is -3.29. The summed E-state index contributed by atoms with van der Waals surface area (Å²) in [7, 11) is 0. The van der Waals surface area contributed by atoms with Gasteiger partial charge in [0.2, 0.25) is 5.95 Å². The molecule has 0 aliphatic heterocycles. The zero-order valence-electron chi connectivity index (χ0n) is 13.2. The summed E-state index contributed by atoms with van der Waals surface area (Å²) in [4.78, 5) is 21.0. The second-order valence-corrected chi connectivity index (χ2v) is 5.78. The SMILES string of the molecule is CC(C)n1c(=O)ccc2cnc(Nc3ccc4[nH]nnc4c3)nc21. The molecular formula is C16H15N7O. The third-order valence-corrected chi connectivity index (χ3v) is 3.77. The summed E-state index contributed by atoms with van der Waals surface area (Å²) in [6.07, 6.45) is 1.71. The topological polar surface area (TPSA) is 101 Å². The highest BCUT2D eigenvalue weighted by Crippen LogP contribution is 2.20. The van der Waals surface area contributed by atoms with Crippen LogP contribution < -0.4 is 10.9 Å². The highest BCUT2D eigenvalue weighted by Gasteiger charge is 2.10. The van der Waals surface area contributed by atoms with Gasteiger partial charge in [-0.2, -0.15) is 4.98 Å². The van der Waals surface area contributed by atoms with Gasteiger partial charge in [-0.25, -0.2) is 4.98 Å². The first-order valence-corrected chi connectivity index (χ1v) is 7.58. The largest absolute Gasteiger partial charge is 0.324 e. The van der Waals surface area contributed by atoms with E-state index in [9.17, 15) is 4.79 Å². The summed E-state index contributed by atoms with van der Waals surface area (Å²) in [5.41, 5.74) is 2.93. The second-order valence-electron chi connectivity index (χ2n) is 5.78. The molecule has 4 rings (SSSR count). The van der Waals surface area contributed by atoms with Crippen LogP contribution in [0.1, 0.15) is 19.9 Å². The molecule has 0 aliphatic rings. The molecule has 8 nitrogen and oxygen atoms in total. The highest BCUT2D eigenvalue weighted by atomic mass is 16.1. The van der Waals surface area contributed by atoms with Crippen molar-refractivity contribution in [3.8, 4) is 0 Å². The van der Waals surface area contributed by atoms with Crippen molar-refractivity contribution in [2.24, 2.45) is 0 Å². The molecule has 1 aromatic carbocycles. The van der Waals surface area contributed by atoms with E-state index < -0.39 is 0 Å². The Morgan fingerprint density at radius 1 is 1.21 bits per heavy atom. The van der Waals surface area contributed by atoms with Gasteiger partial charge in [0.1, 0.15) is 11.2 Å². The van der Waals surface area contributed by atoms with Crippen molar-refractivity contribution in [1.82, 2.24) is 29.9 Å². The predicted molar refractivity (Wildman–Crippen MR) is 91.4 cm³/mol. The number of benzene rings is 1. The molecule has 0 fully saturated rings. The molecule has 3 heterocycles. The molecule has 0 spiro atoms. The van der Waals surface area contributed by atoms with Gasteiger partial charge in [0, 0.05) is 29.4 Å². The Morgan fingerprint density at radius 2 is 2.08 bits per heavy atom. The number of hydrogen-bond acceptors (Lipinski definition) is 6. The van der Waals surface area contributed by atoms with E-state index in [0.717, 1.165) is 22.1 Å². The van der Waals surface area contributed by atoms with Gasteiger partial charge in [-0.3, -0.25) is 14.5 Å². The molecule has 0 unspecified atom stereocenters. The number of nitrogens with one attached hydrogen (secondary N) is 2. The number of aromatic nitrogens is 6. The molecule has 24 heavy (non-hydrogen) atoms. The summed E-state index contributed by atoms with van der Waals surface area (Å²) in [5, 5.41) is 14.5. The van der Waals surface area contributed by atoms with Crippen molar-refractivity contribution in [1.29, 1.82) is 0 Å². The molecule has 3 aromatic heterocycles. The van der Waals surface area contributed by atoms with Crippen molar-refractivity contribution in [2.75, 3.05) is 5.32 Å². The van der Waals surface area contributed by atoms with E-state index >= 15 is 0 Å². The van der Waals surface area contributed by atoms with Crippen LogP contribution in [0.15, 0.2) is 41.3 Å². The molecular weight excluding hydrogens is 306 g/mol. The van der Waals surface area contributed by atoms with Gasteiger partial charge < -0.3 is 5.32 Å². The summed E-state index contributed by atoms with van der Waals surface area (Å²) in [5.74, 6) is 0.422. The van der Waals surface area contributed by atoms with Crippen molar-refractivity contribution >= 4 is 33.7 Å². The van der Waals surface area contributed by atoms with Crippen LogP contribution in [0.3, 0.4) is 0 Å². The van der Waals surface area contributed by atoms with E-state index in [1.54, 1.807) is 16.8 Å². The van der Waals surface area contributed by atoms with Crippen LogP contribution in [-0.4, -0.2) is 29.9 Å². The van der Waals surface area contributed by atoms with Gasteiger partial charge in [-0.05, 0) is 38.1 Å². The normalized spacial score (nSPS) is 11.5. The minimum absolute atomic E-state index is 0.00966. The van der Waals surface area contributed by atoms with Crippen LogP contribution in [0.2, 0.25) is 0 Å². The van der Waals surface area contributed by atoms with Gasteiger partial charge >= 0.3 is 0 Å². The maximum Gasteiger partial charge on any atom is 0.252 e. The minimum Gasteiger partial charge on any atom is -0.324 e. The first kappa shape index (κ1) is 14.3. The summed E-state index contributed by atoms with van der Waals surface area (Å²) in [6.45, 7) is 3.91. The molecule has 2 N–H and O–H groups in total. The monoisotopic (exact) mass is 321 g/mol. The van der Waals surface area contributed by atoms with Crippen LogP contribution >= 0.6 is 0 Å². The molecule has 8 heteroatoms. The van der Waals surface area contributed by atoms with Crippen molar-refractivity contribution < 1.29 is 0 Å². The maximum absolute atomic E-state index is 12.1. The zero-order chi connectivity index (χ0) is 16.7. The zero-order valence-corrected chi connectivity index (χ0v) is 13.2. The Labute approximate surface area is 136 Å². The Kier molecular flexibility index (Phi) is 3.23. The van der Waals surface area contributed by atoms with Crippen molar-refractivity contribution in [2.45, 2.75) is 19.9 Å². The summed E-state index contributed by atoms with van der Waals surface area (Å²) < 4.78 is 1.66. The fourth-order valence-corrected chi connectivity index (χ4v) is 2.65. The number of nitrogens with zero attached hydrogens (tertiary/aromatic N) is 5. The molecule has 0 atom stereocenters. The van der Waals surface area contributed by atoms with Crippen LogP contribution in [0.25, 0.3) is 22.1 Å². The number of H-pyrrole nitrogens is 1. The molecule has 0 saturated heterocycles. The van der Waals surface area contributed by atoms with Crippen LogP contribution in [0, 0.1) is 0 Å². The molecule has 120 valence electrons. The quantitative estimate of drug-likeness (QED) is 0.601. The fourth-order valence-electron chi connectivity index (χ4n) is 2.65. The van der Waals surface area contributed by atoms with E-state index in [-0.39, 0.29) is 11.6 Å². The van der Waals surface area contributed by atoms with E-state index in [2.05, 4.69) is 30.7 Å². The van der Waals surface area contributed by atoms with Gasteiger partial charge in [0.15, 0.2) is 0 Å². The predicted octanol–water partition coefficient (Wildman–Crippen LogP) is 2.39. The number of fused-ring (bicyclic) bond motifs is 2. The third-order valence-electron chi connectivity index (χ3n) is 3.77. The Balaban J connectivity index is 1.79. The lowest BCUT2D eigenvalue weighted by Gasteiger charge is -2.13. The number of aromatic amines is 1. The van der Waals surface area contributed by atoms with Crippen LogP contribution in [0.5, 0.6) is 0 Å². The number of rotatable bonds is 3. The number of hydrogen-bond donors (Lipinski definition) is 2. The molecule has 0 amide bonds. The summed E-state index contributed by atoms with van der Waals surface area (Å²) in [6, 6.07) is 8.90. The third kappa shape index (κ3) is 2.37. The summed E-state index contributed by atoms with van der Waals surface area (Å²) >= 11 is 0. The van der Waals surface area contributed by atoms with Crippen molar-refractivity contribution in [3.05, 3.63) is 46.9 Å². The standard InChI is InChI=1S/C16H15N7O/c1-9(2)23-14(24)6-3-10-8-17-16(19-15(10)23)18-11-4-5-12-13(7-11)21-22-20-12/h3-9H,1-2H3,(H,17,18,19)(H,20,21,22). The lowest BCUT2D eigenvalue weighted by molar-refractivity contribution is 0.595. The molecule has 0 aliphatic carbocycles. The van der Waals surface area contributed by atoms with E-state index in [1.807, 2.05) is 32.0 Å². The Morgan fingerprint density at radius 3 is 2.92 bits per heavy atom. The molecule has 0 bridgehead atoms. The van der Waals surface area contributed by atoms with Crippen molar-refractivity contribution in [3.63, 3.8) is 0 Å². The van der Waals surface area contributed by atoms with E-state index in [4.69, 9.17) is 0 Å². The molecule has 4 aromatic rings. The lowest BCUT2D eigenvalue weighted by atomic mass is 10.2. The first-order valence-electron chi connectivity index (χ1n) is 7.58. The Bertz CT molecular complexity index is 1100. The average Bonchev–Trinajstić information content (AvgIpc) is 3.02. The fraction of sp³-hybridized carbons (Fsp3) is 0.188. The molecule has 0 radical (unpaired) electrons. The smallest absolute Gasteiger partial charge is 0.252 e. The van der Waals surface area contributed by atoms with Gasteiger partial charge in [0.25, 0.3) is 5.56 Å². The van der Waals surface area contributed by atoms with Crippen LogP contribution in [-0.2, 0) is 0 Å². The van der Waals surface area contributed by atoms with Gasteiger partial charge in [0.05, 0.1) is 5.52 Å². The van der Waals surface area contributed by atoms with Crippen LogP contribution in [0.4, 0.5) is 11.6 Å². The van der Waals surface area contributed by atoms with Gasteiger partial charge in [-0.15, -0.1) is 5.10 Å². The number of pyridine rings is 1. The first-order chi connectivity index (χ1) is 11.6. The lowest BCUT2D eigenvalue weighted by Crippen LogP contribution is -2.22. The second kappa shape index (κ2) is 5.41. The minimum atomic E-state index is -0.0776. The maximum atomic E-state index is 12.1. The van der Waals surface area contributed by atoms with E-state index in [1.165, 1.54) is 6.07 Å². The average molecular weight is 321 g/mol. The highest BCUT2D eigenvalue weighted by molar-refractivity contribution is 5.80. The molecule has 0 saturated carbocycles. The van der Waals surface area contributed by atoms with E-state index in [0.29, 0.717) is 11.6 Å². The number of anilines is 2.